The highest BCUT2D eigenvalue weighted by molar-refractivity contribution is 7.92. The molecule has 0 heterocycles. The lowest BCUT2D eigenvalue weighted by Gasteiger charge is -2.21. The number of hydrogen-bond donors (Lipinski definition) is 4. The fourth-order valence-electron chi connectivity index (χ4n) is 3.25. The standard InChI is InChI=1S/C20H22ClN3O4S2/c21-14-6-8-15(9-7-14)24-30(27,28)16-10-11-18(25)17(12-16)22-20(29)23-19(26)13-4-2-1-3-5-13/h6-13,24-25H,1-5H2,(H2,22,23,26,29). The van der Waals surface area contributed by atoms with Crippen LogP contribution in [0.2, 0.25) is 5.02 Å². The van der Waals surface area contributed by atoms with E-state index in [0.29, 0.717) is 10.7 Å². The van der Waals surface area contributed by atoms with Crippen LogP contribution in [0.1, 0.15) is 32.1 Å². The Morgan fingerprint density at radius 2 is 1.73 bits per heavy atom. The fourth-order valence-corrected chi connectivity index (χ4v) is 4.67. The van der Waals surface area contributed by atoms with Gasteiger partial charge in [-0.3, -0.25) is 9.52 Å². The highest BCUT2D eigenvalue weighted by Crippen LogP contribution is 2.28. The van der Waals surface area contributed by atoms with Crippen molar-refractivity contribution >= 4 is 56.2 Å². The van der Waals surface area contributed by atoms with Crippen molar-refractivity contribution in [3.8, 4) is 5.75 Å². The third-order valence-corrected chi connectivity index (χ3v) is 6.67. The number of amides is 1. The number of carbonyl (C=O) groups is 1. The maximum Gasteiger partial charge on any atom is 0.261 e. The molecule has 0 saturated heterocycles. The molecule has 1 saturated carbocycles. The molecule has 1 aliphatic carbocycles. The van der Waals surface area contributed by atoms with Crippen molar-refractivity contribution in [2.24, 2.45) is 5.92 Å². The van der Waals surface area contributed by atoms with Crippen LogP contribution < -0.4 is 15.4 Å². The summed E-state index contributed by atoms with van der Waals surface area (Å²) in [5.74, 6) is -0.447. The summed E-state index contributed by atoms with van der Waals surface area (Å²) in [5.41, 5.74) is 0.417. The van der Waals surface area contributed by atoms with Crippen LogP contribution in [0, 0.1) is 5.92 Å². The number of halogens is 1. The first-order valence-electron chi connectivity index (χ1n) is 9.48. The number of rotatable bonds is 5. The summed E-state index contributed by atoms with van der Waals surface area (Å²) in [6, 6.07) is 9.96. The second-order valence-corrected chi connectivity index (χ2v) is 9.60. The van der Waals surface area contributed by atoms with Crippen molar-refractivity contribution in [3.63, 3.8) is 0 Å². The summed E-state index contributed by atoms with van der Waals surface area (Å²) in [6.45, 7) is 0. The van der Waals surface area contributed by atoms with Crippen LogP contribution in [0.25, 0.3) is 0 Å². The molecule has 4 N–H and O–H groups in total. The van der Waals surface area contributed by atoms with E-state index in [0.717, 1.165) is 32.1 Å². The molecule has 0 aromatic heterocycles. The first-order valence-corrected chi connectivity index (χ1v) is 11.7. The van der Waals surface area contributed by atoms with E-state index in [1.807, 2.05) is 0 Å². The molecular weight excluding hydrogens is 446 g/mol. The fraction of sp³-hybridized carbons (Fsp3) is 0.300. The van der Waals surface area contributed by atoms with Gasteiger partial charge in [0, 0.05) is 16.6 Å². The molecule has 0 spiro atoms. The minimum atomic E-state index is -3.92. The Kier molecular flexibility index (Phi) is 7.17. The lowest BCUT2D eigenvalue weighted by molar-refractivity contribution is -0.124. The molecule has 160 valence electrons. The second-order valence-electron chi connectivity index (χ2n) is 7.07. The van der Waals surface area contributed by atoms with Gasteiger partial charge in [0.15, 0.2) is 5.11 Å². The number of aromatic hydroxyl groups is 1. The van der Waals surface area contributed by atoms with E-state index >= 15 is 0 Å². The molecule has 3 rings (SSSR count). The Bertz CT molecular complexity index is 1040. The Morgan fingerprint density at radius 3 is 2.40 bits per heavy atom. The van der Waals surface area contributed by atoms with Crippen molar-refractivity contribution in [1.29, 1.82) is 0 Å². The Balaban J connectivity index is 1.70. The molecule has 10 heteroatoms. The number of carbonyl (C=O) groups excluding carboxylic acids is 1. The van der Waals surface area contributed by atoms with E-state index in [1.54, 1.807) is 12.1 Å². The van der Waals surface area contributed by atoms with Gasteiger partial charge in [0.25, 0.3) is 10.0 Å². The first-order chi connectivity index (χ1) is 14.2. The number of thiocarbonyl (C=S) groups is 1. The minimum Gasteiger partial charge on any atom is -0.506 e. The number of phenolic OH excluding ortho intramolecular Hbond substituents is 1. The molecule has 0 unspecified atom stereocenters. The first kappa shape index (κ1) is 22.3. The molecule has 0 atom stereocenters. The zero-order valence-corrected chi connectivity index (χ0v) is 18.4. The third-order valence-electron chi connectivity index (χ3n) is 4.84. The van der Waals surface area contributed by atoms with E-state index in [1.165, 1.54) is 30.3 Å². The zero-order chi connectivity index (χ0) is 21.7. The van der Waals surface area contributed by atoms with E-state index in [9.17, 15) is 18.3 Å². The van der Waals surface area contributed by atoms with Crippen LogP contribution in [-0.2, 0) is 14.8 Å². The van der Waals surface area contributed by atoms with Crippen LogP contribution in [0.4, 0.5) is 11.4 Å². The molecule has 0 bridgehead atoms. The number of sulfonamides is 1. The van der Waals surface area contributed by atoms with Crippen molar-refractivity contribution in [3.05, 3.63) is 47.5 Å². The Morgan fingerprint density at radius 1 is 1.07 bits per heavy atom. The van der Waals surface area contributed by atoms with Crippen molar-refractivity contribution < 1.29 is 18.3 Å². The largest absolute Gasteiger partial charge is 0.506 e. The van der Waals surface area contributed by atoms with Crippen LogP contribution in [-0.4, -0.2) is 24.5 Å². The van der Waals surface area contributed by atoms with Gasteiger partial charge < -0.3 is 15.7 Å². The van der Waals surface area contributed by atoms with Gasteiger partial charge in [0.05, 0.1) is 10.6 Å². The van der Waals surface area contributed by atoms with E-state index in [4.69, 9.17) is 23.8 Å². The van der Waals surface area contributed by atoms with Crippen LogP contribution in [0.15, 0.2) is 47.4 Å². The summed E-state index contributed by atoms with van der Waals surface area (Å²) in [5, 5.41) is 15.9. The van der Waals surface area contributed by atoms with Gasteiger partial charge in [-0.05, 0) is 67.5 Å². The minimum absolute atomic E-state index is 0.00100. The average Bonchev–Trinajstić information content (AvgIpc) is 2.71. The molecule has 1 aliphatic rings. The number of nitrogens with one attached hydrogen (secondary N) is 3. The third kappa shape index (κ3) is 5.84. The zero-order valence-electron chi connectivity index (χ0n) is 16.0. The normalized spacial score (nSPS) is 14.7. The molecule has 1 amide bonds. The predicted molar refractivity (Wildman–Crippen MR) is 121 cm³/mol. The highest BCUT2D eigenvalue weighted by atomic mass is 35.5. The molecule has 2 aromatic rings. The van der Waals surface area contributed by atoms with Gasteiger partial charge in [0.2, 0.25) is 5.91 Å². The lowest BCUT2D eigenvalue weighted by Crippen LogP contribution is -2.39. The molecule has 30 heavy (non-hydrogen) atoms. The average molecular weight is 468 g/mol. The van der Waals surface area contributed by atoms with Gasteiger partial charge in [-0.2, -0.15) is 0 Å². The van der Waals surface area contributed by atoms with Gasteiger partial charge in [-0.25, -0.2) is 8.42 Å². The van der Waals surface area contributed by atoms with Gasteiger partial charge in [-0.15, -0.1) is 0 Å². The second kappa shape index (κ2) is 9.63. The van der Waals surface area contributed by atoms with Crippen molar-refractivity contribution in [2.75, 3.05) is 10.0 Å². The molecule has 0 aliphatic heterocycles. The van der Waals surface area contributed by atoms with E-state index in [-0.39, 0.29) is 33.3 Å². The molecule has 2 aromatic carbocycles. The molecule has 1 fully saturated rings. The summed E-state index contributed by atoms with van der Waals surface area (Å²) >= 11 is 11.0. The van der Waals surface area contributed by atoms with Crippen LogP contribution >= 0.6 is 23.8 Å². The van der Waals surface area contributed by atoms with Gasteiger partial charge in [-0.1, -0.05) is 30.9 Å². The SMILES string of the molecule is O=C(NC(=S)Nc1cc(S(=O)(=O)Nc2ccc(Cl)cc2)ccc1O)C1CCCCC1. The summed E-state index contributed by atoms with van der Waals surface area (Å²) in [4.78, 5) is 12.2. The predicted octanol–water partition coefficient (Wildman–Crippen LogP) is 4.24. The molecule has 7 nitrogen and oxygen atoms in total. The topological polar surface area (TPSA) is 108 Å². The van der Waals surface area contributed by atoms with Gasteiger partial charge in [0.1, 0.15) is 5.75 Å². The Hall–Kier alpha value is -2.36. The maximum absolute atomic E-state index is 12.7. The highest BCUT2D eigenvalue weighted by Gasteiger charge is 2.22. The van der Waals surface area contributed by atoms with Crippen LogP contribution in [0.5, 0.6) is 5.75 Å². The number of anilines is 2. The monoisotopic (exact) mass is 467 g/mol. The maximum atomic E-state index is 12.7. The molecular formula is C20H22ClN3O4S2. The molecule has 0 radical (unpaired) electrons. The number of phenols is 1. The Labute approximate surface area is 185 Å². The smallest absolute Gasteiger partial charge is 0.261 e. The van der Waals surface area contributed by atoms with E-state index < -0.39 is 10.0 Å². The summed E-state index contributed by atoms with van der Waals surface area (Å²) in [6.07, 6.45) is 4.80. The summed E-state index contributed by atoms with van der Waals surface area (Å²) in [7, 11) is -3.92. The summed E-state index contributed by atoms with van der Waals surface area (Å²) < 4.78 is 27.8. The number of benzene rings is 2. The van der Waals surface area contributed by atoms with Crippen molar-refractivity contribution in [1.82, 2.24) is 5.32 Å². The lowest BCUT2D eigenvalue weighted by atomic mass is 9.89. The quantitative estimate of drug-likeness (QED) is 0.387. The van der Waals surface area contributed by atoms with E-state index in [2.05, 4.69) is 15.4 Å². The van der Waals surface area contributed by atoms with Gasteiger partial charge >= 0.3 is 0 Å². The van der Waals surface area contributed by atoms with Crippen LogP contribution in [0.3, 0.4) is 0 Å². The van der Waals surface area contributed by atoms with Crippen molar-refractivity contribution in [2.45, 2.75) is 37.0 Å². The number of hydrogen-bond acceptors (Lipinski definition) is 5.